The molecule has 0 saturated heterocycles. The summed E-state index contributed by atoms with van der Waals surface area (Å²) in [5, 5.41) is 9.81. The second-order valence-corrected chi connectivity index (χ2v) is 6.78. The predicted molar refractivity (Wildman–Crippen MR) is 90.0 cm³/mol. The Hall–Kier alpha value is -1.37. The highest BCUT2D eigenvalue weighted by atomic mass is 127. The highest BCUT2D eigenvalue weighted by molar-refractivity contribution is 14.1. The minimum atomic E-state index is -1.15. The maximum atomic E-state index is 12.4. The summed E-state index contributed by atoms with van der Waals surface area (Å²) in [6, 6.07) is 5.96. The standard InChI is InChI=1S/C16H16INO3/c17-10-6-7-14-12(8-10)15(19)13(16(20)21)9-18(14)11-4-2-1-3-5-11/h6-9,11H,1-5H2,(H,20,21). The molecule has 21 heavy (non-hydrogen) atoms. The number of carboxylic acid groups (broad SMARTS) is 1. The van der Waals surface area contributed by atoms with E-state index in [1.165, 1.54) is 12.6 Å². The average Bonchev–Trinajstić information content (AvgIpc) is 2.48. The summed E-state index contributed by atoms with van der Waals surface area (Å²) in [5.74, 6) is -1.15. The monoisotopic (exact) mass is 397 g/mol. The lowest BCUT2D eigenvalue weighted by Gasteiger charge is -2.26. The van der Waals surface area contributed by atoms with Crippen LogP contribution in [-0.4, -0.2) is 15.6 Å². The number of hydrogen-bond acceptors (Lipinski definition) is 2. The molecule has 1 N–H and O–H groups in total. The summed E-state index contributed by atoms with van der Waals surface area (Å²) in [4.78, 5) is 23.7. The maximum absolute atomic E-state index is 12.4. The Morgan fingerprint density at radius 1 is 1.24 bits per heavy atom. The number of aromatic carboxylic acids is 1. The number of carbonyl (C=O) groups is 1. The van der Waals surface area contributed by atoms with E-state index in [9.17, 15) is 14.7 Å². The molecule has 1 aliphatic carbocycles. The molecule has 2 aromatic rings. The lowest BCUT2D eigenvalue weighted by atomic mass is 9.94. The molecule has 0 bridgehead atoms. The van der Waals surface area contributed by atoms with Crippen molar-refractivity contribution in [3.05, 3.63) is 43.8 Å². The minimum absolute atomic E-state index is 0.130. The lowest BCUT2D eigenvalue weighted by molar-refractivity contribution is 0.0694. The molecule has 1 aliphatic rings. The van der Waals surface area contributed by atoms with E-state index in [0.717, 1.165) is 34.8 Å². The molecule has 4 nitrogen and oxygen atoms in total. The van der Waals surface area contributed by atoms with Gasteiger partial charge in [-0.25, -0.2) is 4.79 Å². The van der Waals surface area contributed by atoms with Gasteiger partial charge in [0.05, 0.1) is 5.52 Å². The van der Waals surface area contributed by atoms with Crippen LogP contribution in [0.5, 0.6) is 0 Å². The number of carboxylic acids is 1. The van der Waals surface area contributed by atoms with E-state index in [4.69, 9.17) is 0 Å². The summed E-state index contributed by atoms with van der Waals surface area (Å²) in [6.07, 6.45) is 7.18. The van der Waals surface area contributed by atoms with Gasteiger partial charge >= 0.3 is 5.97 Å². The Kier molecular flexibility index (Phi) is 4.01. The second-order valence-electron chi connectivity index (χ2n) is 5.54. The average molecular weight is 397 g/mol. The van der Waals surface area contributed by atoms with Crippen molar-refractivity contribution >= 4 is 39.5 Å². The zero-order chi connectivity index (χ0) is 15.0. The van der Waals surface area contributed by atoms with E-state index >= 15 is 0 Å². The minimum Gasteiger partial charge on any atom is -0.477 e. The molecule has 0 radical (unpaired) electrons. The normalized spacial score (nSPS) is 16.2. The van der Waals surface area contributed by atoms with Gasteiger partial charge < -0.3 is 9.67 Å². The third-order valence-electron chi connectivity index (χ3n) is 4.19. The van der Waals surface area contributed by atoms with Gasteiger partial charge in [-0.15, -0.1) is 0 Å². The number of hydrogen-bond donors (Lipinski definition) is 1. The topological polar surface area (TPSA) is 59.3 Å². The molecule has 110 valence electrons. The van der Waals surface area contributed by atoms with Crippen molar-refractivity contribution in [1.29, 1.82) is 0 Å². The molecule has 1 fully saturated rings. The van der Waals surface area contributed by atoms with Crippen LogP contribution < -0.4 is 5.43 Å². The van der Waals surface area contributed by atoms with Crippen LogP contribution in [0.25, 0.3) is 10.9 Å². The SMILES string of the molecule is O=C(O)c1cn(C2CCCCC2)c2ccc(I)cc2c1=O. The van der Waals surface area contributed by atoms with Crippen molar-refractivity contribution in [2.45, 2.75) is 38.1 Å². The fourth-order valence-corrected chi connectivity index (χ4v) is 3.63. The fourth-order valence-electron chi connectivity index (χ4n) is 3.14. The van der Waals surface area contributed by atoms with E-state index in [1.807, 2.05) is 16.7 Å². The third kappa shape index (κ3) is 2.71. The van der Waals surface area contributed by atoms with Gasteiger partial charge in [0.1, 0.15) is 5.56 Å². The molecule has 0 spiro atoms. The van der Waals surface area contributed by atoms with Gasteiger partial charge in [-0.3, -0.25) is 4.79 Å². The van der Waals surface area contributed by atoms with Crippen LogP contribution in [0.15, 0.2) is 29.2 Å². The Labute approximate surface area is 135 Å². The Morgan fingerprint density at radius 3 is 2.62 bits per heavy atom. The van der Waals surface area contributed by atoms with Crippen LogP contribution in [0.3, 0.4) is 0 Å². The van der Waals surface area contributed by atoms with Gasteiger partial charge in [0.2, 0.25) is 5.43 Å². The number of fused-ring (bicyclic) bond motifs is 1. The second kappa shape index (κ2) is 5.79. The summed E-state index contributed by atoms with van der Waals surface area (Å²) < 4.78 is 2.95. The number of rotatable bonds is 2. The first-order chi connectivity index (χ1) is 10.1. The summed E-state index contributed by atoms with van der Waals surface area (Å²) in [5.41, 5.74) is 0.329. The van der Waals surface area contributed by atoms with Crippen LogP contribution in [0, 0.1) is 3.57 Å². The highest BCUT2D eigenvalue weighted by Gasteiger charge is 2.20. The quantitative estimate of drug-likeness (QED) is 0.785. The third-order valence-corrected chi connectivity index (χ3v) is 4.86. The van der Waals surface area contributed by atoms with Crippen molar-refractivity contribution in [2.75, 3.05) is 0 Å². The zero-order valence-corrected chi connectivity index (χ0v) is 13.7. The molecule has 1 heterocycles. The predicted octanol–water partition coefficient (Wildman–Crippen LogP) is 3.81. The van der Waals surface area contributed by atoms with E-state index in [1.54, 1.807) is 6.07 Å². The fraction of sp³-hybridized carbons (Fsp3) is 0.375. The van der Waals surface area contributed by atoms with Crippen LogP contribution in [0.1, 0.15) is 48.5 Å². The maximum Gasteiger partial charge on any atom is 0.341 e. The Bertz CT molecular complexity index is 760. The van der Waals surface area contributed by atoms with E-state index in [-0.39, 0.29) is 11.0 Å². The van der Waals surface area contributed by atoms with Crippen LogP contribution >= 0.6 is 22.6 Å². The molecule has 0 atom stereocenters. The van der Waals surface area contributed by atoms with Gasteiger partial charge in [0, 0.05) is 21.2 Å². The molecular formula is C16H16INO3. The van der Waals surface area contributed by atoms with Crippen molar-refractivity contribution in [3.8, 4) is 0 Å². The molecule has 1 saturated carbocycles. The van der Waals surface area contributed by atoms with Gasteiger partial charge in [-0.1, -0.05) is 19.3 Å². The van der Waals surface area contributed by atoms with Crippen molar-refractivity contribution in [1.82, 2.24) is 4.57 Å². The summed E-state index contributed by atoms with van der Waals surface area (Å²) in [7, 11) is 0. The zero-order valence-electron chi connectivity index (χ0n) is 11.5. The van der Waals surface area contributed by atoms with Gasteiger partial charge in [0.25, 0.3) is 0 Å². The molecular weight excluding hydrogens is 381 g/mol. The molecule has 0 amide bonds. The number of halogens is 1. The molecule has 1 aromatic heterocycles. The van der Waals surface area contributed by atoms with Gasteiger partial charge in [0.15, 0.2) is 0 Å². The van der Waals surface area contributed by atoms with Crippen LogP contribution in [-0.2, 0) is 0 Å². The highest BCUT2D eigenvalue weighted by Crippen LogP contribution is 2.30. The van der Waals surface area contributed by atoms with Gasteiger partial charge in [-0.05, 0) is 53.6 Å². The number of nitrogens with zero attached hydrogens (tertiary/aromatic N) is 1. The van der Waals surface area contributed by atoms with Gasteiger partial charge in [-0.2, -0.15) is 0 Å². The largest absolute Gasteiger partial charge is 0.477 e. The molecule has 3 rings (SSSR count). The van der Waals surface area contributed by atoms with Crippen LogP contribution in [0.2, 0.25) is 0 Å². The summed E-state index contributed by atoms with van der Waals surface area (Å²) >= 11 is 2.14. The molecule has 5 heteroatoms. The Morgan fingerprint density at radius 2 is 1.95 bits per heavy atom. The molecule has 0 unspecified atom stereocenters. The summed E-state index contributed by atoms with van der Waals surface area (Å²) in [6.45, 7) is 0. The van der Waals surface area contributed by atoms with E-state index in [2.05, 4.69) is 22.6 Å². The lowest BCUT2D eigenvalue weighted by Crippen LogP contribution is -2.22. The van der Waals surface area contributed by atoms with Crippen LogP contribution in [0.4, 0.5) is 0 Å². The van der Waals surface area contributed by atoms with Crippen molar-refractivity contribution in [2.24, 2.45) is 0 Å². The number of benzene rings is 1. The first-order valence-electron chi connectivity index (χ1n) is 7.15. The molecule has 0 aliphatic heterocycles. The van der Waals surface area contributed by atoms with E-state index < -0.39 is 5.97 Å². The molecule has 1 aromatic carbocycles. The number of pyridine rings is 1. The van der Waals surface area contributed by atoms with E-state index in [0.29, 0.717) is 11.4 Å². The first-order valence-corrected chi connectivity index (χ1v) is 8.23. The van der Waals surface area contributed by atoms with Crippen molar-refractivity contribution < 1.29 is 9.90 Å². The first kappa shape index (κ1) is 14.6. The van der Waals surface area contributed by atoms with Crippen molar-refractivity contribution in [3.63, 3.8) is 0 Å². The number of aromatic nitrogens is 1. The Balaban J connectivity index is 2.29. The smallest absolute Gasteiger partial charge is 0.341 e.